The summed E-state index contributed by atoms with van der Waals surface area (Å²) in [6.07, 6.45) is 6.62. The molecule has 0 aromatic carbocycles. The van der Waals surface area contributed by atoms with Crippen LogP contribution in [0.4, 0.5) is 0 Å². The van der Waals surface area contributed by atoms with Gasteiger partial charge in [0.15, 0.2) is 32.0 Å². The first-order valence-corrected chi connectivity index (χ1v) is 21.5. The summed E-state index contributed by atoms with van der Waals surface area (Å²) in [5.74, 6) is -1.98. The van der Waals surface area contributed by atoms with Gasteiger partial charge in [-0.05, 0) is 78.9 Å². The summed E-state index contributed by atoms with van der Waals surface area (Å²) in [7, 11) is -1.86. The number of hydrogen-bond acceptors (Lipinski definition) is 10. The Kier molecular flexibility index (Phi) is 13.5. The lowest BCUT2D eigenvalue weighted by Gasteiger charge is -2.47. The molecule has 280 valence electrons. The second-order valence-electron chi connectivity index (χ2n) is 17.6. The van der Waals surface area contributed by atoms with Crippen LogP contribution >= 0.6 is 0 Å². The van der Waals surface area contributed by atoms with Gasteiger partial charge in [-0.25, -0.2) is 0 Å². The maximum atomic E-state index is 12.0. The van der Waals surface area contributed by atoms with Gasteiger partial charge in [0, 0.05) is 57.7 Å². The van der Waals surface area contributed by atoms with E-state index >= 15 is 0 Å². The van der Waals surface area contributed by atoms with Gasteiger partial charge in [-0.15, -0.1) is 0 Å². The third kappa shape index (κ3) is 12.1. The standard InChI is InChI=1S/C37H68O10Si/c1-25(24-40-48(11,12)34(2,3)4)32-22-30(46-37(9,10)47-32)20-28-18-26(42-35(5,6)44-28)17-27-19-29(45-36(7,8)43-27)21-31(23-38)41-33-15-13-14-16-39-33/h23,25-33H,13-22,24H2,1-12H3/t25-,26-,27-,28+,29+,30+,31+,32+,33?/m0/s1. The fourth-order valence-corrected chi connectivity index (χ4v) is 8.44. The molecule has 0 bridgehead atoms. The van der Waals surface area contributed by atoms with Gasteiger partial charge < -0.3 is 47.1 Å². The molecule has 0 aromatic heterocycles. The van der Waals surface area contributed by atoms with Gasteiger partial charge in [-0.2, -0.15) is 0 Å². The first kappa shape index (κ1) is 40.3. The van der Waals surface area contributed by atoms with Crippen LogP contribution in [-0.2, 0) is 47.1 Å². The normalized spacial score (nSPS) is 35.5. The van der Waals surface area contributed by atoms with Crippen molar-refractivity contribution >= 4 is 14.6 Å². The van der Waals surface area contributed by atoms with Crippen molar-refractivity contribution in [2.45, 2.75) is 212 Å². The van der Waals surface area contributed by atoms with E-state index in [1.54, 1.807) is 0 Å². The number of carbonyl (C=O) groups is 1. The van der Waals surface area contributed by atoms with Crippen LogP contribution < -0.4 is 0 Å². The number of ether oxygens (including phenoxy) is 8. The predicted octanol–water partition coefficient (Wildman–Crippen LogP) is 7.66. The summed E-state index contributed by atoms with van der Waals surface area (Å²) in [6.45, 7) is 26.9. The van der Waals surface area contributed by atoms with Gasteiger partial charge in [0.1, 0.15) is 12.4 Å². The Morgan fingerprint density at radius 1 is 0.771 bits per heavy atom. The van der Waals surface area contributed by atoms with Gasteiger partial charge in [0.25, 0.3) is 0 Å². The smallest absolute Gasteiger partial charge is 0.191 e. The second kappa shape index (κ2) is 16.0. The van der Waals surface area contributed by atoms with Crippen LogP contribution in [-0.4, -0.2) is 94.2 Å². The topological polar surface area (TPSA) is 100 Å². The minimum Gasteiger partial charge on any atom is -0.416 e. The SMILES string of the molecule is C[C@@H](CO[Si](C)(C)C(C)(C)C)[C@H]1C[C@@H](C[C@H]2C[C@H](C[C@H]3C[C@H](C[C@H](C=O)OC4CCCCO4)OC(C)(C)O3)OC(C)(C)O2)OC(C)(C)O1. The van der Waals surface area contributed by atoms with E-state index in [9.17, 15) is 4.79 Å². The minimum absolute atomic E-state index is 0.00955. The second-order valence-corrected chi connectivity index (χ2v) is 22.4. The molecule has 10 nitrogen and oxygen atoms in total. The average molecular weight is 701 g/mol. The Labute approximate surface area is 292 Å². The minimum atomic E-state index is -1.86. The van der Waals surface area contributed by atoms with Crippen molar-refractivity contribution in [2.75, 3.05) is 13.2 Å². The van der Waals surface area contributed by atoms with Crippen LogP contribution in [0.2, 0.25) is 18.1 Å². The van der Waals surface area contributed by atoms with Crippen LogP contribution in [0.25, 0.3) is 0 Å². The molecule has 0 N–H and O–H groups in total. The molecule has 0 radical (unpaired) electrons. The molecule has 0 spiro atoms. The molecule has 48 heavy (non-hydrogen) atoms. The first-order valence-electron chi connectivity index (χ1n) is 18.6. The van der Waals surface area contributed by atoms with Gasteiger partial charge in [-0.3, -0.25) is 0 Å². The Bertz CT molecular complexity index is 1020. The summed E-state index contributed by atoms with van der Waals surface area (Å²) in [5.41, 5.74) is 0. The highest BCUT2D eigenvalue weighted by molar-refractivity contribution is 6.74. The Morgan fingerprint density at radius 3 is 1.77 bits per heavy atom. The molecule has 0 aliphatic carbocycles. The molecule has 4 rings (SSSR count). The van der Waals surface area contributed by atoms with E-state index < -0.39 is 31.8 Å². The molecule has 4 fully saturated rings. The molecule has 9 atom stereocenters. The lowest BCUT2D eigenvalue weighted by Crippen LogP contribution is -2.52. The van der Waals surface area contributed by atoms with Gasteiger partial charge >= 0.3 is 0 Å². The van der Waals surface area contributed by atoms with E-state index in [1.165, 1.54) is 0 Å². The highest BCUT2D eigenvalue weighted by atomic mass is 28.4. The first-order chi connectivity index (χ1) is 22.1. The summed E-state index contributed by atoms with van der Waals surface area (Å²) in [5, 5.41) is 0.164. The summed E-state index contributed by atoms with van der Waals surface area (Å²) >= 11 is 0. The van der Waals surface area contributed by atoms with Crippen LogP contribution in [0.5, 0.6) is 0 Å². The van der Waals surface area contributed by atoms with E-state index in [-0.39, 0.29) is 53.9 Å². The fourth-order valence-electron chi connectivity index (χ4n) is 7.32. The van der Waals surface area contributed by atoms with Crippen LogP contribution in [0.3, 0.4) is 0 Å². The lowest BCUT2D eigenvalue weighted by molar-refractivity contribution is -0.337. The molecular weight excluding hydrogens is 632 g/mol. The summed E-state index contributed by atoms with van der Waals surface area (Å²) < 4.78 is 56.9. The van der Waals surface area contributed by atoms with Crippen LogP contribution in [0.15, 0.2) is 0 Å². The summed E-state index contributed by atoms with van der Waals surface area (Å²) in [4.78, 5) is 12.0. The highest BCUT2D eigenvalue weighted by Crippen LogP contribution is 2.40. The number of hydrogen-bond donors (Lipinski definition) is 0. The molecule has 4 saturated heterocycles. The Hall–Kier alpha value is -0.473. The number of carbonyl (C=O) groups excluding carboxylic acids is 1. The van der Waals surface area contributed by atoms with Crippen molar-refractivity contribution in [3.05, 3.63) is 0 Å². The molecule has 4 heterocycles. The molecule has 0 saturated carbocycles. The molecular formula is C37H68O10Si. The van der Waals surface area contributed by atoms with Crippen LogP contribution in [0, 0.1) is 5.92 Å². The largest absolute Gasteiger partial charge is 0.416 e. The van der Waals surface area contributed by atoms with Crippen LogP contribution in [0.1, 0.15) is 127 Å². The van der Waals surface area contributed by atoms with E-state index in [0.717, 1.165) is 44.8 Å². The van der Waals surface area contributed by atoms with E-state index in [0.29, 0.717) is 32.5 Å². The third-order valence-corrected chi connectivity index (χ3v) is 15.0. The van der Waals surface area contributed by atoms with Crippen molar-refractivity contribution in [2.24, 2.45) is 5.92 Å². The van der Waals surface area contributed by atoms with Crippen molar-refractivity contribution in [1.29, 1.82) is 0 Å². The van der Waals surface area contributed by atoms with Gasteiger partial charge in [0.2, 0.25) is 0 Å². The Balaban J connectivity index is 1.34. The zero-order valence-electron chi connectivity index (χ0n) is 32.1. The van der Waals surface area contributed by atoms with Crippen molar-refractivity contribution < 1.29 is 47.1 Å². The van der Waals surface area contributed by atoms with Crippen molar-refractivity contribution in [1.82, 2.24) is 0 Å². The zero-order chi connectivity index (χ0) is 35.5. The number of aldehydes is 1. The quantitative estimate of drug-likeness (QED) is 0.141. The van der Waals surface area contributed by atoms with E-state index in [4.69, 9.17) is 42.3 Å². The Morgan fingerprint density at radius 2 is 1.27 bits per heavy atom. The van der Waals surface area contributed by atoms with Gasteiger partial charge in [-0.1, -0.05) is 27.7 Å². The van der Waals surface area contributed by atoms with Crippen molar-refractivity contribution in [3.8, 4) is 0 Å². The van der Waals surface area contributed by atoms with Gasteiger partial charge in [0.05, 0.1) is 36.6 Å². The van der Waals surface area contributed by atoms with E-state index in [1.807, 2.05) is 41.5 Å². The molecule has 0 aromatic rings. The summed E-state index contributed by atoms with van der Waals surface area (Å²) in [6, 6.07) is 0. The molecule has 1 unspecified atom stereocenters. The molecule has 4 aliphatic heterocycles. The third-order valence-electron chi connectivity index (χ3n) is 10.5. The maximum absolute atomic E-state index is 12.0. The lowest BCUT2D eigenvalue weighted by atomic mass is 9.91. The molecule has 0 amide bonds. The zero-order valence-corrected chi connectivity index (χ0v) is 33.1. The average Bonchev–Trinajstić information content (AvgIpc) is 2.93. The molecule has 4 aliphatic rings. The number of rotatable bonds is 13. The monoisotopic (exact) mass is 700 g/mol. The van der Waals surface area contributed by atoms with E-state index in [2.05, 4.69) is 40.8 Å². The predicted molar refractivity (Wildman–Crippen MR) is 186 cm³/mol. The van der Waals surface area contributed by atoms with Crippen molar-refractivity contribution in [3.63, 3.8) is 0 Å². The maximum Gasteiger partial charge on any atom is 0.191 e. The molecule has 11 heteroatoms. The fraction of sp³-hybridized carbons (Fsp3) is 0.973. The highest BCUT2D eigenvalue weighted by Gasteiger charge is 2.45.